The molecular formula is C11H18N2S. The summed E-state index contributed by atoms with van der Waals surface area (Å²) in [5, 5.41) is 3.33. The van der Waals surface area contributed by atoms with Crippen LogP contribution in [0.2, 0.25) is 0 Å². The van der Waals surface area contributed by atoms with Crippen LogP contribution in [0.25, 0.3) is 0 Å². The third kappa shape index (κ3) is 2.15. The van der Waals surface area contributed by atoms with E-state index in [1.807, 2.05) is 18.8 Å². The molecule has 0 aliphatic heterocycles. The van der Waals surface area contributed by atoms with Crippen molar-refractivity contribution in [3.63, 3.8) is 0 Å². The van der Waals surface area contributed by atoms with Crippen molar-refractivity contribution in [2.24, 2.45) is 11.3 Å². The van der Waals surface area contributed by atoms with Gasteiger partial charge in [0.25, 0.3) is 0 Å². The Kier molecular flexibility index (Phi) is 2.88. The van der Waals surface area contributed by atoms with Crippen LogP contribution in [0.4, 0.5) is 0 Å². The average molecular weight is 210 g/mol. The van der Waals surface area contributed by atoms with Crippen molar-refractivity contribution in [1.29, 1.82) is 0 Å². The van der Waals surface area contributed by atoms with Gasteiger partial charge in [-0.05, 0) is 37.6 Å². The first-order valence-electron chi connectivity index (χ1n) is 5.26. The Hall–Kier alpha value is -0.410. The highest BCUT2D eigenvalue weighted by Crippen LogP contribution is 2.47. The third-order valence-electron chi connectivity index (χ3n) is 3.21. The molecule has 0 radical (unpaired) electrons. The summed E-state index contributed by atoms with van der Waals surface area (Å²) in [6.45, 7) is 3.52. The predicted molar refractivity (Wildman–Crippen MR) is 60.6 cm³/mol. The molecule has 1 fully saturated rings. The lowest BCUT2D eigenvalue weighted by atomic mass is 9.81. The van der Waals surface area contributed by atoms with Crippen molar-refractivity contribution in [1.82, 2.24) is 10.3 Å². The van der Waals surface area contributed by atoms with E-state index in [0.29, 0.717) is 5.41 Å². The summed E-state index contributed by atoms with van der Waals surface area (Å²) in [5.74, 6) is 0.928. The molecule has 0 amide bonds. The fourth-order valence-corrected chi connectivity index (χ4v) is 3.05. The van der Waals surface area contributed by atoms with Gasteiger partial charge < -0.3 is 5.32 Å². The van der Waals surface area contributed by atoms with Crippen molar-refractivity contribution in [3.8, 4) is 0 Å². The van der Waals surface area contributed by atoms with Crippen LogP contribution in [0.5, 0.6) is 0 Å². The molecule has 1 N–H and O–H groups in total. The van der Waals surface area contributed by atoms with E-state index in [1.54, 1.807) is 11.3 Å². The molecule has 0 saturated heterocycles. The first-order chi connectivity index (χ1) is 6.74. The summed E-state index contributed by atoms with van der Waals surface area (Å²) in [6.07, 6.45) is 6.03. The normalized spacial score (nSPS) is 20.7. The molecule has 0 spiro atoms. The zero-order chi connectivity index (χ0) is 10.0. The molecule has 1 heterocycles. The summed E-state index contributed by atoms with van der Waals surface area (Å²) in [7, 11) is 2.05. The van der Waals surface area contributed by atoms with E-state index in [1.165, 1.54) is 24.1 Å². The fraction of sp³-hybridized carbons (Fsp3) is 0.727. The Labute approximate surface area is 89.8 Å². The fourth-order valence-electron chi connectivity index (χ4n) is 2.26. The van der Waals surface area contributed by atoms with Gasteiger partial charge in [0, 0.05) is 17.6 Å². The smallest absolute Gasteiger partial charge is 0.0794 e. The zero-order valence-electron chi connectivity index (χ0n) is 8.92. The molecule has 78 valence electrons. The van der Waals surface area contributed by atoms with E-state index in [0.717, 1.165) is 12.5 Å². The van der Waals surface area contributed by atoms with Gasteiger partial charge in [-0.2, -0.15) is 0 Å². The van der Waals surface area contributed by atoms with Crippen LogP contribution in [0.1, 0.15) is 24.6 Å². The third-order valence-corrected chi connectivity index (χ3v) is 3.98. The predicted octanol–water partition coefficient (Wildman–Crippen LogP) is 2.32. The first kappa shape index (κ1) is 10.1. The van der Waals surface area contributed by atoms with Gasteiger partial charge in [-0.1, -0.05) is 6.92 Å². The number of nitrogens with one attached hydrogen (secondary N) is 1. The maximum atomic E-state index is 4.14. The Balaban J connectivity index is 2.03. The van der Waals surface area contributed by atoms with E-state index < -0.39 is 0 Å². The zero-order valence-corrected chi connectivity index (χ0v) is 9.73. The van der Waals surface area contributed by atoms with Crippen molar-refractivity contribution in [2.75, 3.05) is 13.6 Å². The Bertz CT molecular complexity index is 279. The van der Waals surface area contributed by atoms with Gasteiger partial charge in [-0.15, -0.1) is 11.3 Å². The minimum Gasteiger partial charge on any atom is -0.319 e. The molecule has 1 aromatic heterocycles. The lowest BCUT2D eigenvalue weighted by molar-refractivity contribution is 0.264. The van der Waals surface area contributed by atoms with Gasteiger partial charge >= 0.3 is 0 Å². The average Bonchev–Trinajstić information content (AvgIpc) is 2.89. The van der Waals surface area contributed by atoms with Crippen LogP contribution < -0.4 is 5.32 Å². The van der Waals surface area contributed by atoms with Gasteiger partial charge in [0.2, 0.25) is 0 Å². The van der Waals surface area contributed by atoms with Crippen LogP contribution in [0, 0.1) is 11.3 Å². The number of hydrogen-bond acceptors (Lipinski definition) is 3. The largest absolute Gasteiger partial charge is 0.319 e. The van der Waals surface area contributed by atoms with Crippen molar-refractivity contribution in [2.45, 2.75) is 26.2 Å². The van der Waals surface area contributed by atoms with Gasteiger partial charge in [0.15, 0.2) is 0 Å². The van der Waals surface area contributed by atoms with E-state index in [4.69, 9.17) is 0 Å². The van der Waals surface area contributed by atoms with Gasteiger partial charge in [0.1, 0.15) is 0 Å². The molecule has 14 heavy (non-hydrogen) atoms. The quantitative estimate of drug-likeness (QED) is 0.807. The Morgan fingerprint density at radius 1 is 1.64 bits per heavy atom. The number of aromatic nitrogens is 1. The van der Waals surface area contributed by atoms with Crippen LogP contribution in [-0.4, -0.2) is 18.6 Å². The van der Waals surface area contributed by atoms with Crippen LogP contribution in [0.15, 0.2) is 11.7 Å². The van der Waals surface area contributed by atoms with Crippen molar-refractivity contribution < 1.29 is 0 Å². The SMILES string of the molecule is CNCC(C)(Cc1cncs1)C1CC1. The minimum atomic E-state index is 0.446. The molecule has 1 saturated carbocycles. The Morgan fingerprint density at radius 3 is 2.93 bits per heavy atom. The molecule has 2 rings (SSSR count). The topological polar surface area (TPSA) is 24.9 Å². The second-order valence-electron chi connectivity index (χ2n) is 4.60. The highest BCUT2D eigenvalue weighted by Gasteiger charge is 2.41. The summed E-state index contributed by atoms with van der Waals surface area (Å²) in [6, 6.07) is 0. The number of hydrogen-bond donors (Lipinski definition) is 1. The van der Waals surface area contributed by atoms with Crippen LogP contribution in [0.3, 0.4) is 0 Å². The molecule has 2 nitrogen and oxygen atoms in total. The molecule has 3 heteroatoms. The lowest BCUT2D eigenvalue weighted by Gasteiger charge is -2.28. The molecule has 1 unspecified atom stereocenters. The van der Waals surface area contributed by atoms with E-state index in [-0.39, 0.29) is 0 Å². The maximum Gasteiger partial charge on any atom is 0.0794 e. The molecule has 1 aliphatic rings. The number of thiazole rings is 1. The molecule has 1 aliphatic carbocycles. The lowest BCUT2D eigenvalue weighted by Crippen LogP contribution is -2.33. The molecular weight excluding hydrogens is 192 g/mol. The van der Waals surface area contributed by atoms with E-state index in [2.05, 4.69) is 17.2 Å². The summed E-state index contributed by atoms with van der Waals surface area (Å²) < 4.78 is 0. The molecule has 1 aromatic rings. The second-order valence-corrected chi connectivity index (χ2v) is 5.57. The van der Waals surface area contributed by atoms with Crippen molar-refractivity contribution >= 4 is 11.3 Å². The molecule has 1 atom stereocenters. The summed E-state index contributed by atoms with van der Waals surface area (Å²) in [5.41, 5.74) is 2.38. The second kappa shape index (κ2) is 3.99. The molecule has 0 bridgehead atoms. The number of nitrogens with zero attached hydrogens (tertiary/aromatic N) is 1. The minimum absolute atomic E-state index is 0.446. The van der Waals surface area contributed by atoms with Crippen molar-refractivity contribution in [3.05, 3.63) is 16.6 Å². The van der Waals surface area contributed by atoms with Crippen LogP contribution in [-0.2, 0) is 6.42 Å². The van der Waals surface area contributed by atoms with Gasteiger partial charge in [-0.25, -0.2) is 0 Å². The highest BCUT2D eigenvalue weighted by atomic mass is 32.1. The van der Waals surface area contributed by atoms with E-state index >= 15 is 0 Å². The highest BCUT2D eigenvalue weighted by molar-refractivity contribution is 7.09. The maximum absolute atomic E-state index is 4.14. The van der Waals surface area contributed by atoms with Gasteiger partial charge in [-0.3, -0.25) is 4.98 Å². The van der Waals surface area contributed by atoms with Crippen LogP contribution >= 0.6 is 11.3 Å². The summed E-state index contributed by atoms with van der Waals surface area (Å²) in [4.78, 5) is 5.57. The van der Waals surface area contributed by atoms with Gasteiger partial charge in [0.05, 0.1) is 5.51 Å². The van der Waals surface area contributed by atoms with E-state index in [9.17, 15) is 0 Å². The first-order valence-corrected chi connectivity index (χ1v) is 6.14. The number of rotatable bonds is 5. The standard InChI is InChI=1S/C11H18N2S/c1-11(7-12-2,9-3-4-9)5-10-6-13-8-14-10/h6,8-9,12H,3-5,7H2,1-2H3. The monoisotopic (exact) mass is 210 g/mol. The summed E-state index contributed by atoms with van der Waals surface area (Å²) >= 11 is 1.78. The molecule has 0 aromatic carbocycles. The Morgan fingerprint density at radius 2 is 2.43 bits per heavy atom.